The molecule has 118 valence electrons. The Labute approximate surface area is 135 Å². The number of benzene rings is 2. The van der Waals surface area contributed by atoms with Crippen LogP contribution in [0.1, 0.15) is 16.7 Å². The molecule has 0 atom stereocenters. The Morgan fingerprint density at radius 1 is 1.13 bits per heavy atom. The van der Waals surface area contributed by atoms with E-state index in [9.17, 15) is 4.79 Å². The average Bonchev–Trinajstić information content (AvgIpc) is 2.55. The summed E-state index contributed by atoms with van der Waals surface area (Å²) in [5.41, 5.74) is 11.8. The van der Waals surface area contributed by atoms with Gasteiger partial charge in [-0.15, -0.1) is 0 Å². The molecule has 0 aromatic heterocycles. The van der Waals surface area contributed by atoms with Gasteiger partial charge in [0.1, 0.15) is 6.29 Å². The molecule has 3 rings (SSSR count). The van der Waals surface area contributed by atoms with E-state index in [4.69, 9.17) is 11.6 Å². The molecule has 0 amide bonds. The topological polar surface area (TPSA) is 75.6 Å². The number of rotatable bonds is 3. The van der Waals surface area contributed by atoms with Gasteiger partial charge in [0.15, 0.2) is 0 Å². The zero-order valence-electron chi connectivity index (χ0n) is 13.1. The number of carbonyl (C=O) groups is 1. The number of carbonyl (C=O) groups excluding carboxylic acids is 1. The molecule has 1 heterocycles. The third kappa shape index (κ3) is 2.66. The number of hydrogen-bond donors (Lipinski definition) is 2. The summed E-state index contributed by atoms with van der Waals surface area (Å²) in [6.07, 6.45) is 0.775. The van der Waals surface area contributed by atoms with Crippen molar-refractivity contribution in [3.05, 3.63) is 65.2 Å². The normalized spacial score (nSPS) is 16.9. The maximum atomic E-state index is 10.9. The van der Waals surface area contributed by atoms with Crippen molar-refractivity contribution in [1.29, 1.82) is 0 Å². The molecule has 5 heteroatoms. The van der Waals surface area contributed by atoms with Gasteiger partial charge >= 0.3 is 0 Å². The molecule has 23 heavy (non-hydrogen) atoms. The lowest BCUT2D eigenvalue weighted by atomic mass is 9.96. The number of para-hydroxylation sites is 1. The molecule has 0 saturated heterocycles. The average molecular weight is 308 g/mol. The Bertz CT molecular complexity index is 769. The first-order valence-corrected chi connectivity index (χ1v) is 7.48. The van der Waals surface area contributed by atoms with E-state index < -0.39 is 0 Å². The highest BCUT2D eigenvalue weighted by Gasteiger charge is 2.23. The fraction of sp³-hybridized carbons (Fsp3) is 0.167. The van der Waals surface area contributed by atoms with Crippen molar-refractivity contribution in [2.24, 2.45) is 11.6 Å². The molecular weight excluding hydrogens is 288 g/mol. The summed E-state index contributed by atoms with van der Waals surface area (Å²) in [7, 11) is 2.04. The molecule has 0 unspecified atom stereocenters. The second-order valence-electron chi connectivity index (χ2n) is 5.61. The fourth-order valence-corrected chi connectivity index (χ4v) is 3.02. The summed E-state index contributed by atoms with van der Waals surface area (Å²) < 4.78 is 0. The standard InChI is InChI=1S/C18H20N4O/c1-21-12-13-6-2-3-7-14(13)17(19)18(22(20)10-11-23)15-8-4-5-9-16(15)21/h2-9,11H,10,12,19-20H2,1H3/b18-17-. The summed E-state index contributed by atoms with van der Waals surface area (Å²) in [5.74, 6) is 6.13. The smallest absolute Gasteiger partial charge is 0.140 e. The van der Waals surface area contributed by atoms with Crippen LogP contribution in [0.5, 0.6) is 0 Å². The lowest BCUT2D eigenvalue weighted by molar-refractivity contribution is -0.108. The van der Waals surface area contributed by atoms with Crippen molar-refractivity contribution in [2.45, 2.75) is 6.54 Å². The Hall–Kier alpha value is -2.79. The predicted molar refractivity (Wildman–Crippen MR) is 92.9 cm³/mol. The van der Waals surface area contributed by atoms with Crippen molar-refractivity contribution >= 4 is 23.4 Å². The van der Waals surface area contributed by atoms with Gasteiger partial charge in [-0.25, -0.2) is 5.84 Å². The van der Waals surface area contributed by atoms with E-state index >= 15 is 0 Å². The number of anilines is 1. The second-order valence-corrected chi connectivity index (χ2v) is 5.61. The molecule has 1 aliphatic heterocycles. The first kappa shape index (κ1) is 15.1. The van der Waals surface area contributed by atoms with E-state index in [0.717, 1.165) is 35.2 Å². The largest absolute Gasteiger partial charge is 0.396 e. The summed E-state index contributed by atoms with van der Waals surface area (Å²) in [6.45, 7) is 0.829. The van der Waals surface area contributed by atoms with E-state index in [1.165, 1.54) is 5.01 Å². The van der Waals surface area contributed by atoms with Gasteiger partial charge in [0.2, 0.25) is 0 Å². The summed E-state index contributed by atoms with van der Waals surface area (Å²) in [6, 6.07) is 15.9. The van der Waals surface area contributed by atoms with Gasteiger partial charge in [-0.3, -0.25) is 0 Å². The van der Waals surface area contributed by atoms with Crippen molar-refractivity contribution in [2.75, 3.05) is 18.5 Å². The molecule has 2 aromatic rings. The third-order valence-electron chi connectivity index (χ3n) is 4.10. The molecule has 0 saturated carbocycles. The number of nitrogens with two attached hydrogens (primary N) is 2. The molecule has 0 aliphatic carbocycles. The number of hydrogen-bond acceptors (Lipinski definition) is 5. The zero-order valence-corrected chi connectivity index (χ0v) is 13.1. The van der Waals surface area contributed by atoms with Gasteiger partial charge in [-0.05, 0) is 11.6 Å². The van der Waals surface area contributed by atoms with Gasteiger partial charge in [0.05, 0.1) is 17.9 Å². The van der Waals surface area contributed by atoms with Gasteiger partial charge in [-0.2, -0.15) is 0 Å². The highest BCUT2D eigenvalue weighted by molar-refractivity contribution is 5.94. The van der Waals surface area contributed by atoms with Crippen LogP contribution in [0.2, 0.25) is 0 Å². The van der Waals surface area contributed by atoms with Crippen LogP contribution in [-0.4, -0.2) is 24.9 Å². The van der Waals surface area contributed by atoms with Crippen LogP contribution in [0.15, 0.2) is 48.5 Å². The van der Waals surface area contributed by atoms with E-state index in [-0.39, 0.29) is 6.54 Å². The maximum absolute atomic E-state index is 10.9. The van der Waals surface area contributed by atoms with Crippen LogP contribution >= 0.6 is 0 Å². The number of nitrogens with zero attached hydrogens (tertiary/aromatic N) is 2. The van der Waals surface area contributed by atoms with E-state index in [1.54, 1.807) is 0 Å². The Morgan fingerprint density at radius 2 is 1.78 bits per heavy atom. The van der Waals surface area contributed by atoms with Crippen LogP contribution in [0.4, 0.5) is 5.69 Å². The van der Waals surface area contributed by atoms with Crippen molar-refractivity contribution in [3.8, 4) is 0 Å². The van der Waals surface area contributed by atoms with Crippen LogP contribution in [-0.2, 0) is 11.3 Å². The second kappa shape index (κ2) is 6.14. The van der Waals surface area contributed by atoms with Crippen molar-refractivity contribution in [3.63, 3.8) is 0 Å². The number of aldehydes is 1. The predicted octanol–water partition coefficient (Wildman–Crippen LogP) is 1.80. The molecule has 0 fully saturated rings. The maximum Gasteiger partial charge on any atom is 0.140 e. The summed E-state index contributed by atoms with van der Waals surface area (Å²) in [4.78, 5) is 13.1. The zero-order chi connectivity index (χ0) is 16.4. The minimum atomic E-state index is 0.0796. The quantitative estimate of drug-likeness (QED) is 0.514. The third-order valence-corrected chi connectivity index (χ3v) is 4.10. The minimum Gasteiger partial charge on any atom is -0.396 e. The molecule has 1 aliphatic rings. The Kier molecular flexibility index (Phi) is 4.04. The molecule has 0 radical (unpaired) electrons. The molecule has 5 nitrogen and oxygen atoms in total. The monoisotopic (exact) mass is 308 g/mol. The van der Waals surface area contributed by atoms with Gasteiger partial charge in [0.25, 0.3) is 0 Å². The Morgan fingerprint density at radius 3 is 2.52 bits per heavy atom. The van der Waals surface area contributed by atoms with Crippen LogP contribution in [0, 0.1) is 0 Å². The van der Waals surface area contributed by atoms with Crippen LogP contribution < -0.4 is 16.5 Å². The number of fused-ring (bicyclic) bond motifs is 2. The molecule has 4 N–H and O–H groups in total. The van der Waals surface area contributed by atoms with Gasteiger partial charge in [-0.1, -0.05) is 42.5 Å². The van der Waals surface area contributed by atoms with E-state index in [2.05, 4.69) is 11.0 Å². The minimum absolute atomic E-state index is 0.0796. The van der Waals surface area contributed by atoms with Crippen LogP contribution in [0.25, 0.3) is 11.4 Å². The molecular formula is C18H20N4O. The Balaban J connectivity index is 2.31. The summed E-state index contributed by atoms with van der Waals surface area (Å²) >= 11 is 0. The molecule has 0 spiro atoms. The number of hydrazine groups is 1. The SMILES string of the molecule is CN1Cc2ccccc2/C(N)=C(/N(N)CC=O)c2ccccc21. The van der Waals surface area contributed by atoms with E-state index in [1.807, 2.05) is 49.5 Å². The first-order chi connectivity index (χ1) is 11.1. The first-order valence-electron chi connectivity index (χ1n) is 7.48. The molecule has 0 bridgehead atoms. The fourth-order valence-electron chi connectivity index (χ4n) is 3.02. The molecule has 2 aromatic carbocycles. The highest BCUT2D eigenvalue weighted by atomic mass is 16.1. The van der Waals surface area contributed by atoms with Gasteiger partial charge < -0.3 is 20.4 Å². The van der Waals surface area contributed by atoms with Crippen LogP contribution in [0.3, 0.4) is 0 Å². The summed E-state index contributed by atoms with van der Waals surface area (Å²) in [5, 5.41) is 1.41. The van der Waals surface area contributed by atoms with Gasteiger partial charge in [0, 0.05) is 30.4 Å². The van der Waals surface area contributed by atoms with Crippen molar-refractivity contribution < 1.29 is 4.79 Å². The highest BCUT2D eigenvalue weighted by Crippen LogP contribution is 2.35. The lowest BCUT2D eigenvalue weighted by Crippen LogP contribution is -2.34. The van der Waals surface area contributed by atoms with Crippen molar-refractivity contribution in [1.82, 2.24) is 5.01 Å². The van der Waals surface area contributed by atoms with E-state index in [0.29, 0.717) is 11.4 Å². The lowest BCUT2D eigenvalue weighted by Gasteiger charge is -2.31.